The number of nitrogens with zero attached hydrogens (tertiary/aromatic N) is 3. The number of carbonyl (C=O) groups excluding carboxylic acids is 1. The van der Waals surface area contributed by atoms with E-state index in [1.807, 2.05) is 37.3 Å². The van der Waals surface area contributed by atoms with Gasteiger partial charge in [0.15, 0.2) is 0 Å². The first-order valence-corrected chi connectivity index (χ1v) is 9.79. The molecule has 0 aliphatic carbocycles. The second-order valence-corrected chi connectivity index (χ2v) is 7.37. The van der Waals surface area contributed by atoms with Crippen molar-refractivity contribution in [3.05, 3.63) is 70.5 Å². The number of nitrogens with two attached hydrogens (primary N) is 1. The highest BCUT2D eigenvalue weighted by Crippen LogP contribution is 2.20. The van der Waals surface area contributed by atoms with Crippen molar-refractivity contribution in [3.8, 4) is 5.75 Å². The second-order valence-electron chi connectivity index (χ2n) is 6.93. The average molecular weight is 425 g/mol. The summed E-state index contributed by atoms with van der Waals surface area (Å²) in [7, 11) is 0. The number of aryl methyl sites for hydroxylation is 1. The van der Waals surface area contributed by atoms with Gasteiger partial charge in [0.1, 0.15) is 23.7 Å². The number of benzene rings is 2. The maximum absolute atomic E-state index is 13.1. The van der Waals surface area contributed by atoms with Crippen molar-refractivity contribution in [2.24, 2.45) is 0 Å². The van der Waals surface area contributed by atoms with Crippen molar-refractivity contribution in [1.82, 2.24) is 25.3 Å². The minimum absolute atomic E-state index is 0.222. The number of fused-ring (bicyclic) bond motifs is 1. The standard InChI is InChI=1S/C21H21ClN6O2/c1-13-17-9-14(5-6-19(17)26-25-13)12-28(21(29)18-11-24-27-20(18)23)7-8-30-16-4-2-3-15(22)10-16/h2-6,9-11H,7-8,12H2,1H3,(H,25,26)(H3,23,24,27). The van der Waals surface area contributed by atoms with Gasteiger partial charge in [0, 0.05) is 22.6 Å². The van der Waals surface area contributed by atoms with E-state index in [1.165, 1.54) is 6.20 Å². The maximum Gasteiger partial charge on any atom is 0.259 e. The first kappa shape index (κ1) is 19.8. The number of halogens is 1. The lowest BCUT2D eigenvalue weighted by Gasteiger charge is -2.23. The minimum atomic E-state index is -0.222. The van der Waals surface area contributed by atoms with Gasteiger partial charge in [-0.2, -0.15) is 10.2 Å². The van der Waals surface area contributed by atoms with E-state index in [-0.39, 0.29) is 11.7 Å². The molecule has 0 radical (unpaired) electrons. The largest absolute Gasteiger partial charge is 0.492 e. The fourth-order valence-corrected chi connectivity index (χ4v) is 3.40. The molecule has 4 N–H and O–H groups in total. The Labute approximate surface area is 178 Å². The van der Waals surface area contributed by atoms with Gasteiger partial charge >= 0.3 is 0 Å². The number of hydrogen-bond acceptors (Lipinski definition) is 5. The molecule has 0 bridgehead atoms. The smallest absolute Gasteiger partial charge is 0.259 e. The molecule has 2 aromatic carbocycles. The van der Waals surface area contributed by atoms with E-state index in [1.54, 1.807) is 17.0 Å². The molecule has 0 atom stereocenters. The van der Waals surface area contributed by atoms with E-state index < -0.39 is 0 Å². The molecule has 1 amide bonds. The highest BCUT2D eigenvalue weighted by Gasteiger charge is 2.20. The van der Waals surface area contributed by atoms with Crippen molar-refractivity contribution < 1.29 is 9.53 Å². The van der Waals surface area contributed by atoms with Gasteiger partial charge in [-0.05, 0) is 42.8 Å². The van der Waals surface area contributed by atoms with E-state index in [0.717, 1.165) is 22.2 Å². The summed E-state index contributed by atoms with van der Waals surface area (Å²) in [6, 6.07) is 13.1. The van der Waals surface area contributed by atoms with Gasteiger partial charge < -0.3 is 15.4 Å². The van der Waals surface area contributed by atoms with E-state index in [0.29, 0.717) is 36.0 Å². The van der Waals surface area contributed by atoms with Crippen molar-refractivity contribution in [3.63, 3.8) is 0 Å². The molecule has 154 valence electrons. The summed E-state index contributed by atoms with van der Waals surface area (Å²) in [5, 5.41) is 15.3. The van der Waals surface area contributed by atoms with Crippen LogP contribution in [0.5, 0.6) is 5.75 Å². The topological polar surface area (TPSA) is 113 Å². The molecule has 0 saturated heterocycles. The van der Waals surface area contributed by atoms with Gasteiger partial charge in [-0.25, -0.2) is 0 Å². The second kappa shape index (κ2) is 8.46. The summed E-state index contributed by atoms with van der Waals surface area (Å²) in [5.41, 5.74) is 9.04. The maximum atomic E-state index is 13.1. The lowest BCUT2D eigenvalue weighted by Crippen LogP contribution is -2.34. The third-order valence-electron chi connectivity index (χ3n) is 4.79. The molecule has 0 fully saturated rings. The number of aromatic amines is 2. The average Bonchev–Trinajstić information content (AvgIpc) is 3.32. The molecule has 0 unspecified atom stereocenters. The van der Waals surface area contributed by atoms with Gasteiger partial charge in [0.2, 0.25) is 0 Å². The van der Waals surface area contributed by atoms with Crippen LogP contribution in [0.3, 0.4) is 0 Å². The van der Waals surface area contributed by atoms with Crippen molar-refractivity contribution in [2.75, 3.05) is 18.9 Å². The van der Waals surface area contributed by atoms with Gasteiger partial charge in [-0.1, -0.05) is 23.7 Å². The molecule has 4 rings (SSSR count). The summed E-state index contributed by atoms with van der Waals surface area (Å²) in [6.07, 6.45) is 1.44. The van der Waals surface area contributed by atoms with Crippen molar-refractivity contribution in [2.45, 2.75) is 13.5 Å². The number of nitrogens with one attached hydrogen (secondary N) is 2. The summed E-state index contributed by atoms with van der Waals surface area (Å²) < 4.78 is 5.78. The van der Waals surface area contributed by atoms with Gasteiger partial charge in [-0.3, -0.25) is 15.0 Å². The lowest BCUT2D eigenvalue weighted by atomic mass is 10.1. The van der Waals surface area contributed by atoms with Crippen molar-refractivity contribution >= 4 is 34.2 Å². The van der Waals surface area contributed by atoms with E-state index in [4.69, 9.17) is 22.1 Å². The molecular formula is C21H21ClN6O2. The Bertz CT molecular complexity index is 1190. The highest BCUT2D eigenvalue weighted by atomic mass is 35.5. The first-order valence-electron chi connectivity index (χ1n) is 9.41. The summed E-state index contributed by atoms with van der Waals surface area (Å²) >= 11 is 6.00. The molecule has 9 heteroatoms. The monoisotopic (exact) mass is 424 g/mol. The van der Waals surface area contributed by atoms with Crippen LogP contribution in [0.2, 0.25) is 5.02 Å². The summed E-state index contributed by atoms with van der Waals surface area (Å²) in [5.74, 6) is 0.662. The van der Waals surface area contributed by atoms with Crippen LogP contribution in [-0.4, -0.2) is 44.4 Å². The van der Waals surface area contributed by atoms with Crippen LogP contribution < -0.4 is 10.5 Å². The summed E-state index contributed by atoms with van der Waals surface area (Å²) in [4.78, 5) is 14.8. The third-order valence-corrected chi connectivity index (χ3v) is 5.03. The molecule has 8 nitrogen and oxygen atoms in total. The Morgan fingerprint density at radius 2 is 2.10 bits per heavy atom. The lowest BCUT2D eigenvalue weighted by molar-refractivity contribution is 0.0717. The van der Waals surface area contributed by atoms with E-state index >= 15 is 0 Å². The number of hydrogen-bond donors (Lipinski definition) is 3. The predicted octanol–water partition coefficient (Wildman–Crippen LogP) is 3.55. The van der Waals surface area contributed by atoms with Gasteiger partial charge in [0.05, 0.1) is 18.3 Å². The molecule has 30 heavy (non-hydrogen) atoms. The number of anilines is 1. The predicted molar refractivity (Wildman–Crippen MR) is 116 cm³/mol. The molecule has 0 spiro atoms. The molecular weight excluding hydrogens is 404 g/mol. The van der Waals surface area contributed by atoms with Gasteiger partial charge in [-0.15, -0.1) is 0 Å². The Balaban J connectivity index is 1.53. The molecule has 2 aromatic heterocycles. The van der Waals surface area contributed by atoms with Gasteiger partial charge in [0.25, 0.3) is 5.91 Å². The van der Waals surface area contributed by atoms with E-state index in [2.05, 4.69) is 20.4 Å². The van der Waals surface area contributed by atoms with Crippen LogP contribution in [0.1, 0.15) is 21.6 Å². The number of H-pyrrole nitrogens is 2. The first-order chi connectivity index (χ1) is 14.5. The van der Waals surface area contributed by atoms with Crippen LogP contribution in [0.25, 0.3) is 10.9 Å². The zero-order valence-corrected chi connectivity index (χ0v) is 17.1. The fourth-order valence-electron chi connectivity index (χ4n) is 3.22. The fraction of sp³-hybridized carbons (Fsp3) is 0.190. The van der Waals surface area contributed by atoms with Crippen molar-refractivity contribution in [1.29, 1.82) is 0 Å². The Kier molecular flexibility index (Phi) is 5.58. The van der Waals surface area contributed by atoms with Crippen LogP contribution >= 0.6 is 11.6 Å². The normalized spacial score (nSPS) is 11.0. The SMILES string of the molecule is Cc1[nH]nc2ccc(CN(CCOc3cccc(Cl)c3)C(=O)c3cn[nH]c3N)cc12. The molecule has 4 aromatic rings. The molecule has 0 saturated carbocycles. The Morgan fingerprint density at radius 1 is 1.23 bits per heavy atom. The number of aromatic nitrogens is 4. The molecule has 0 aliphatic rings. The molecule has 0 aliphatic heterocycles. The quantitative estimate of drug-likeness (QED) is 0.420. The van der Waals surface area contributed by atoms with E-state index in [9.17, 15) is 4.79 Å². The Hall–Kier alpha value is -3.52. The van der Waals surface area contributed by atoms with Crippen LogP contribution in [0.4, 0.5) is 5.82 Å². The number of rotatable bonds is 7. The number of ether oxygens (including phenoxy) is 1. The zero-order chi connectivity index (χ0) is 21.1. The zero-order valence-electron chi connectivity index (χ0n) is 16.4. The number of carbonyl (C=O) groups is 1. The Morgan fingerprint density at radius 3 is 2.87 bits per heavy atom. The van der Waals surface area contributed by atoms with Crippen LogP contribution in [0, 0.1) is 6.92 Å². The number of nitrogen functional groups attached to an aromatic ring is 1. The summed E-state index contributed by atoms with van der Waals surface area (Å²) in [6.45, 7) is 3.02. The van der Waals surface area contributed by atoms with Crippen LogP contribution in [0.15, 0.2) is 48.7 Å². The number of amides is 1. The van der Waals surface area contributed by atoms with Crippen LogP contribution in [-0.2, 0) is 6.54 Å². The minimum Gasteiger partial charge on any atom is -0.492 e. The third kappa shape index (κ3) is 4.23. The molecule has 2 heterocycles. The highest BCUT2D eigenvalue weighted by molar-refractivity contribution is 6.30.